The summed E-state index contributed by atoms with van der Waals surface area (Å²) in [7, 11) is 3.32. The third-order valence-electron chi connectivity index (χ3n) is 15.1. The molecule has 8 aromatic rings. The molecular formula is C57H56Cl2F2N10O5. The fraction of sp³-hybridized carbons (Fsp3) is 0.298. The van der Waals surface area contributed by atoms with Gasteiger partial charge in [0.2, 0.25) is 0 Å². The summed E-state index contributed by atoms with van der Waals surface area (Å²) in [5, 5.41) is 27.8. The van der Waals surface area contributed by atoms with Crippen molar-refractivity contribution in [1.82, 2.24) is 38.5 Å². The lowest BCUT2D eigenvalue weighted by atomic mass is 9.96. The van der Waals surface area contributed by atoms with E-state index in [0.29, 0.717) is 70.4 Å². The Hall–Kier alpha value is -7.28. The van der Waals surface area contributed by atoms with Crippen LogP contribution in [-0.4, -0.2) is 115 Å². The summed E-state index contributed by atoms with van der Waals surface area (Å²) in [5.74, 6) is -0.897. The molecule has 0 bridgehead atoms. The van der Waals surface area contributed by atoms with E-state index in [2.05, 4.69) is 25.0 Å². The summed E-state index contributed by atoms with van der Waals surface area (Å²) < 4.78 is 42.3. The molecule has 0 aliphatic carbocycles. The number of phenols is 2. The van der Waals surface area contributed by atoms with E-state index < -0.39 is 17.3 Å². The van der Waals surface area contributed by atoms with Gasteiger partial charge in [-0.25, -0.2) is 23.4 Å². The van der Waals surface area contributed by atoms with Crippen LogP contribution in [0.5, 0.6) is 11.5 Å². The van der Waals surface area contributed by atoms with E-state index in [1.807, 2.05) is 12.1 Å². The number of hydrogen-bond acceptors (Lipinski definition) is 11. The number of aryl methyl sites for hydroxylation is 1. The fourth-order valence-electron chi connectivity index (χ4n) is 11.0. The molecule has 19 heteroatoms. The number of imidazole rings is 2. The van der Waals surface area contributed by atoms with Crippen molar-refractivity contribution < 1.29 is 23.7 Å². The molecule has 3 aliphatic rings. The Bertz CT molecular complexity index is 3620. The minimum absolute atomic E-state index is 0.00371. The number of nitrogens with one attached hydrogen (secondary N) is 1. The number of phenolic OH excluding ortho intramolecular Hbond substituents is 2. The first-order valence-corrected chi connectivity index (χ1v) is 26.1. The molecule has 4 aromatic carbocycles. The molecule has 3 saturated heterocycles. The van der Waals surface area contributed by atoms with Crippen LogP contribution in [0.25, 0.3) is 55.9 Å². The number of methoxy groups -OCH3 is 1. The van der Waals surface area contributed by atoms with Crippen LogP contribution < -0.4 is 26.5 Å². The number of halogens is 4. The largest absolute Gasteiger partial charge is 0.507 e. The maximum atomic E-state index is 15.8. The Kier molecular flexibility index (Phi) is 14.1. The first-order valence-electron chi connectivity index (χ1n) is 25.3. The predicted octanol–water partition coefficient (Wildman–Crippen LogP) is 9.12. The van der Waals surface area contributed by atoms with Gasteiger partial charge in [0.25, 0.3) is 0 Å². The van der Waals surface area contributed by atoms with E-state index in [1.54, 1.807) is 93.8 Å². The molecule has 392 valence electrons. The van der Waals surface area contributed by atoms with Gasteiger partial charge in [-0.15, -0.1) is 0 Å². The van der Waals surface area contributed by atoms with Crippen LogP contribution >= 0.6 is 23.2 Å². The maximum absolute atomic E-state index is 15.8. The Morgan fingerprint density at radius 3 is 1.93 bits per heavy atom. The normalized spacial score (nSPS) is 16.9. The Balaban J connectivity index is 0.887. The number of hydrogen-bond donors (Lipinski definition) is 3. The average molecular weight is 1070 g/mol. The smallest absolute Gasteiger partial charge is 0.333 e. The van der Waals surface area contributed by atoms with Gasteiger partial charge in [0.1, 0.15) is 29.0 Å². The third kappa shape index (κ3) is 10.0. The summed E-state index contributed by atoms with van der Waals surface area (Å²) in [6, 6.07) is 20.3. The lowest BCUT2D eigenvalue weighted by molar-refractivity contribution is 0.169. The molecule has 76 heavy (non-hydrogen) atoms. The van der Waals surface area contributed by atoms with Gasteiger partial charge in [-0.3, -0.25) is 23.6 Å². The molecule has 0 amide bonds. The van der Waals surface area contributed by atoms with Crippen LogP contribution in [0.4, 0.5) is 20.3 Å². The highest BCUT2D eigenvalue weighted by Crippen LogP contribution is 2.44. The predicted molar refractivity (Wildman–Crippen MR) is 293 cm³/mol. The van der Waals surface area contributed by atoms with Crippen molar-refractivity contribution in [2.75, 3.05) is 75.9 Å². The quantitative estimate of drug-likeness (QED) is 0.0895. The zero-order valence-electron chi connectivity index (χ0n) is 42.0. The summed E-state index contributed by atoms with van der Waals surface area (Å²) in [6.45, 7) is 7.15. The molecule has 3 aliphatic heterocycles. The SMILES string of the molecule is COCCCN1CCN(c2cc(-c3cc(F)cc(-c4ccc(-n5ccn(C)c5=O)c(Cl)c4)c3O)cc(Cn3ccn(-c4ccc(-c5cc(F)cc(-c6cncc(N7CCC8(CCCN8)C7)c6)c5O)cc4Cl)c3=O)n2)CC1. The van der Waals surface area contributed by atoms with Crippen molar-refractivity contribution in [1.29, 1.82) is 0 Å². The monoisotopic (exact) mass is 1070 g/mol. The second-order valence-electron chi connectivity index (χ2n) is 20.0. The highest BCUT2D eigenvalue weighted by molar-refractivity contribution is 6.33. The standard InChI is InChI=1S/C57H56Cl2F2N10O5/c1-65-14-20-70(55(65)74)50-7-5-36(25-48(50)58)44-28-40(60)30-46(53(44)72)38-23-42(64-52(27-38)67-17-15-66(16-18-67)12-4-22-76-2)34-68-19-21-71(56(68)75)51-8-6-37(26-49(51)59)45-29-41(61)31-47(54(45)73)39-24-43(33-62-32-39)69-13-10-57(35-69)9-3-11-63-57/h5-8,14,19-21,23-33,63,72-73H,3-4,9-13,15-18,22,34-35H2,1-2H3. The van der Waals surface area contributed by atoms with Crippen LogP contribution in [-0.2, 0) is 18.3 Å². The van der Waals surface area contributed by atoms with Gasteiger partial charge in [-0.1, -0.05) is 35.3 Å². The van der Waals surface area contributed by atoms with Crippen LogP contribution in [0.3, 0.4) is 0 Å². The first kappa shape index (κ1) is 50.9. The van der Waals surface area contributed by atoms with Gasteiger partial charge in [0.05, 0.1) is 45.5 Å². The van der Waals surface area contributed by atoms with Gasteiger partial charge in [-0.2, -0.15) is 0 Å². The molecular weight excluding hydrogens is 1010 g/mol. The lowest BCUT2D eigenvalue weighted by Gasteiger charge is -2.35. The molecule has 7 heterocycles. The number of aromatic nitrogens is 6. The summed E-state index contributed by atoms with van der Waals surface area (Å²) in [5.41, 5.74) is 4.35. The molecule has 11 rings (SSSR count). The minimum atomic E-state index is -0.606. The van der Waals surface area contributed by atoms with Crippen LogP contribution in [0, 0.1) is 11.6 Å². The van der Waals surface area contributed by atoms with Crippen LogP contribution in [0.15, 0.2) is 126 Å². The van der Waals surface area contributed by atoms with Gasteiger partial charge >= 0.3 is 11.4 Å². The number of pyridine rings is 2. The lowest BCUT2D eigenvalue weighted by Crippen LogP contribution is -2.47. The van der Waals surface area contributed by atoms with Crippen LogP contribution in [0.2, 0.25) is 10.0 Å². The van der Waals surface area contributed by atoms with Gasteiger partial charge in [0.15, 0.2) is 0 Å². The van der Waals surface area contributed by atoms with E-state index in [-0.39, 0.29) is 56.0 Å². The van der Waals surface area contributed by atoms with Crippen molar-refractivity contribution in [3.63, 3.8) is 0 Å². The topological polar surface area (TPSA) is 151 Å². The zero-order valence-corrected chi connectivity index (χ0v) is 43.5. The number of nitrogens with zero attached hydrogens (tertiary/aromatic N) is 9. The van der Waals surface area contributed by atoms with E-state index in [0.717, 1.165) is 70.6 Å². The van der Waals surface area contributed by atoms with Crippen molar-refractivity contribution >= 4 is 34.7 Å². The number of rotatable bonds is 14. The number of anilines is 2. The second kappa shape index (κ2) is 21.0. The average Bonchev–Trinajstić information content (AvgIpc) is 4.23. The number of ether oxygens (including phenoxy) is 1. The van der Waals surface area contributed by atoms with Crippen LogP contribution in [0.1, 0.15) is 31.4 Å². The molecule has 3 N–H and O–H groups in total. The zero-order chi connectivity index (χ0) is 52.8. The number of benzene rings is 4. The van der Waals surface area contributed by atoms with E-state index in [4.69, 9.17) is 32.9 Å². The van der Waals surface area contributed by atoms with Crippen molar-refractivity contribution in [2.24, 2.45) is 7.05 Å². The second-order valence-corrected chi connectivity index (χ2v) is 20.8. The number of aromatic hydroxyl groups is 2. The van der Waals surface area contributed by atoms with Crippen molar-refractivity contribution in [3.05, 3.63) is 164 Å². The Labute approximate surface area is 447 Å². The molecule has 1 atom stereocenters. The summed E-state index contributed by atoms with van der Waals surface area (Å²) in [4.78, 5) is 43.4. The molecule has 3 fully saturated rings. The first-order chi connectivity index (χ1) is 36.7. The van der Waals surface area contributed by atoms with Crippen molar-refractivity contribution in [3.8, 4) is 67.4 Å². The Morgan fingerprint density at radius 2 is 1.33 bits per heavy atom. The molecule has 1 unspecified atom stereocenters. The molecule has 4 aromatic heterocycles. The Morgan fingerprint density at radius 1 is 0.697 bits per heavy atom. The molecule has 0 radical (unpaired) electrons. The highest BCUT2D eigenvalue weighted by atomic mass is 35.5. The summed E-state index contributed by atoms with van der Waals surface area (Å²) >= 11 is 13.7. The maximum Gasteiger partial charge on any atom is 0.333 e. The fourth-order valence-corrected chi connectivity index (χ4v) is 11.6. The molecule has 15 nitrogen and oxygen atoms in total. The van der Waals surface area contributed by atoms with Gasteiger partial charge in [0, 0.05) is 131 Å². The third-order valence-corrected chi connectivity index (χ3v) is 15.7. The van der Waals surface area contributed by atoms with Crippen molar-refractivity contribution in [2.45, 2.75) is 37.8 Å². The minimum Gasteiger partial charge on any atom is -0.507 e. The molecule has 0 saturated carbocycles. The summed E-state index contributed by atoms with van der Waals surface area (Å²) in [6.07, 6.45) is 14.1. The van der Waals surface area contributed by atoms with Gasteiger partial charge in [-0.05, 0) is 116 Å². The van der Waals surface area contributed by atoms with E-state index in [9.17, 15) is 19.8 Å². The van der Waals surface area contributed by atoms with Gasteiger partial charge < -0.3 is 34.6 Å². The molecule has 1 spiro atoms. The van der Waals surface area contributed by atoms with E-state index >= 15 is 8.78 Å². The number of piperazine rings is 1. The van der Waals surface area contributed by atoms with E-state index in [1.165, 1.54) is 42.5 Å². The highest BCUT2D eigenvalue weighted by Gasteiger charge is 2.40.